The van der Waals surface area contributed by atoms with Gasteiger partial charge in [-0.3, -0.25) is 0 Å². The highest BCUT2D eigenvalue weighted by atomic mass is 19.4. The number of imidazole rings is 1. The van der Waals surface area contributed by atoms with Crippen molar-refractivity contribution in [2.24, 2.45) is 7.05 Å². The molecule has 0 atom stereocenters. The Bertz CT molecular complexity index is 1120. The first-order chi connectivity index (χ1) is 13.5. The smallest absolute Gasteiger partial charge is 0.416 e. The predicted molar refractivity (Wildman–Crippen MR) is 102 cm³/mol. The van der Waals surface area contributed by atoms with Gasteiger partial charge in [-0.2, -0.15) is 13.2 Å². The lowest BCUT2D eigenvalue weighted by Crippen LogP contribution is -2.16. The van der Waals surface area contributed by atoms with E-state index in [9.17, 15) is 23.1 Å². The number of methoxy groups -OCH3 is 1. The maximum Gasteiger partial charge on any atom is 0.416 e. The topological polar surface area (TPSA) is 80.5 Å². The maximum atomic E-state index is 13.2. The fourth-order valence-corrected chi connectivity index (χ4v) is 3.19. The molecule has 0 spiro atoms. The number of aromatic nitrogens is 3. The number of carbonyl (C=O) groups is 1. The van der Waals surface area contributed by atoms with E-state index in [0.29, 0.717) is 22.5 Å². The van der Waals surface area contributed by atoms with E-state index >= 15 is 0 Å². The molecule has 0 amide bonds. The molecular weight excluding hydrogens is 389 g/mol. The number of fused-ring (bicyclic) bond motifs is 1. The molecule has 1 aromatic carbocycles. The Morgan fingerprint density at radius 2 is 1.86 bits per heavy atom. The van der Waals surface area contributed by atoms with Crippen LogP contribution in [0.5, 0.6) is 5.75 Å². The van der Waals surface area contributed by atoms with Crippen LogP contribution >= 0.6 is 0 Å². The van der Waals surface area contributed by atoms with Crippen LogP contribution in [0.4, 0.5) is 19.0 Å². The second-order valence-electron chi connectivity index (χ2n) is 6.76. The Hall–Kier alpha value is -3.30. The summed E-state index contributed by atoms with van der Waals surface area (Å²) in [4.78, 5) is 22.0. The van der Waals surface area contributed by atoms with Gasteiger partial charge in [0.2, 0.25) is 0 Å². The van der Waals surface area contributed by atoms with Gasteiger partial charge in [-0.15, -0.1) is 0 Å². The maximum absolute atomic E-state index is 13.2. The van der Waals surface area contributed by atoms with E-state index < -0.39 is 17.7 Å². The summed E-state index contributed by atoms with van der Waals surface area (Å²) in [6, 6.07) is 3.39. The second-order valence-corrected chi connectivity index (χ2v) is 6.76. The van der Waals surface area contributed by atoms with Crippen LogP contribution in [-0.2, 0) is 13.2 Å². The van der Waals surface area contributed by atoms with Crippen molar-refractivity contribution < 1.29 is 27.8 Å². The third-order valence-electron chi connectivity index (χ3n) is 4.58. The van der Waals surface area contributed by atoms with Gasteiger partial charge in [0, 0.05) is 21.1 Å². The fraction of sp³-hybridized carbons (Fsp3) is 0.316. The van der Waals surface area contributed by atoms with Crippen molar-refractivity contribution in [3.63, 3.8) is 0 Å². The largest absolute Gasteiger partial charge is 0.496 e. The van der Waals surface area contributed by atoms with Crippen LogP contribution in [0.3, 0.4) is 0 Å². The third-order valence-corrected chi connectivity index (χ3v) is 4.58. The molecule has 0 bridgehead atoms. The van der Waals surface area contributed by atoms with Crippen LogP contribution in [0.2, 0.25) is 0 Å². The molecule has 0 saturated heterocycles. The molecule has 3 rings (SSSR count). The van der Waals surface area contributed by atoms with E-state index in [1.165, 1.54) is 20.1 Å². The van der Waals surface area contributed by atoms with Gasteiger partial charge >= 0.3 is 12.1 Å². The Labute approximate surface area is 164 Å². The Morgan fingerprint density at radius 3 is 2.38 bits per heavy atom. The Kier molecular flexibility index (Phi) is 4.89. The summed E-state index contributed by atoms with van der Waals surface area (Å²) < 4.78 is 46.3. The van der Waals surface area contributed by atoms with Crippen LogP contribution in [0.15, 0.2) is 18.2 Å². The quantitative estimate of drug-likeness (QED) is 0.709. The highest BCUT2D eigenvalue weighted by Gasteiger charge is 2.33. The number of carboxylic acid groups (broad SMARTS) is 1. The number of hydrogen-bond donors (Lipinski definition) is 1. The first kappa shape index (κ1) is 20.4. The van der Waals surface area contributed by atoms with E-state index in [-0.39, 0.29) is 22.8 Å². The molecular formula is C19H19F3N4O3. The molecule has 154 valence electrons. The van der Waals surface area contributed by atoms with Gasteiger partial charge in [0.25, 0.3) is 0 Å². The fourth-order valence-electron chi connectivity index (χ4n) is 3.19. The number of hydrogen-bond acceptors (Lipinski definition) is 5. The minimum atomic E-state index is -4.51. The van der Waals surface area contributed by atoms with Gasteiger partial charge in [-0.25, -0.2) is 14.8 Å². The van der Waals surface area contributed by atoms with Crippen LogP contribution in [0, 0.1) is 6.92 Å². The number of anilines is 1. The number of pyridine rings is 1. The molecule has 10 heteroatoms. The van der Waals surface area contributed by atoms with Gasteiger partial charge in [-0.05, 0) is 30.7 Å². The summed E-state index contributed by atoms with van der Waals surface area (Å²) in [6.45, 7) is 1.54. The summed E-state index contributed by atoms with van der Waals surface area (Å²) in [5.41, 5.74) is 0.580. The minimum absolute atomic E-state index is 0.00634. The highest BCUT2D eigenvalue weighted by Crippen LogP contribution is 2.40. The molecule has 2 heterocycles. The van der Waals surface area contributed by atoms with Gasteiger partial charge in [0.15, 0.2) is 5.65 Å². The lowest BCUT2D eigenvalue weighted by molar-refractivity contribution is -0.137. The SMILES string of the molecule is COc1cc(C(F)(F)F)cc(C)c1-c1nc2nc(N(C)C)c(C(=O)O)cc2n1C. The van der Waals surface area contributed by atoms with E-state index in [0.717, 1.165) is 12.1 Å². The van der Waals surface area contributed by atoms with Gasteiger partial charge in [0.1, 0.15) is 23.0 Å². The van der Waals surface area contributed by atoms with Crippen LogP contribution in [-0.4, -0.2) is 46.8 Å². The average molecular weight is 408 g/mol. The van der Waals surface area contributed by atoms with E-state index in [4.69, 9.17) is 4.74 Å². The molecule has 0 radical (unpaired) electrons. The minimum Gasteiger partial charge on any atom is -0.496 e. The van der Waals surface area contributed by atoms with Gasteiger partial charge < -0.3 is 19.3 Å². The molecule has 0 saturated carbocycles. The molecule has 7 nitrogen and oxygen atoms in total. The van der Waals surface area contributed by atoms with Crippen LogP contribution in [0.25, 0.3) is 22.6 Å². The Balaban J connectivity index is 2.31. The van der Waals surface area contributed by atoms with Gasteiger partial charge in [-0.1, -0.05) is 0 Å². The van der Waals surface area contributed by atoms with Crippen molar-refractivity contribution >= 4 is 23.0 Å². The van der Waals surface area contributed by atoms with Crippen molar-refractivity contribution in [1.82, 2.24) is 14.5 Å². The molecule has 0 aliphatic heterocycles. The zero-order chi connectivity index (χ0) is 21.7. The molecule has 0 aliphatic carbocycles. The first-order valence-electron chi connectivity index (χ1n) is 8.50. The predicted octanol–water partition coefficient (Wildman–Crippen LogP) is 3.74. The van der Waals surface area contributed by atoms with Crippen molar-refractivity contribution in [3.8, 4) is 17.1 Å². The highest BCUT2D eigenvalue weighted by molar-refractivity contribution is 5.97. The lowest BCUT2D eigenvalue weighted by Gasteiger charge is -2.15. The zero-order valence-corrected chi connectivity index (χ0v) is 16.4. The van der Waals surface area contributed by atoms with E-state index in [1.54, 1.807) is 30.6 Å². The lowest BCUT2D eigenvalue weighted by atomic mass is 10.0. The second kappa shape index (κ2) is 6.94. The van der Waals surface area contributed by atoms with Crippen LogP contribution < -0.4 is 9.64 Å². The average Bonchev–Trinajstić information content (AvgIpc) is 2.94. The van der Waals surface area contributed by atoms with Crippen molar-refractivity contribution in [2.45, 2.75) is 13.1 Å². The number of rotatable bonds is 4. The van der Waals surface area contributed by atoms with Crippen LogP contribution in [0.1, 0.15) is 21.5 Å². The van der Waals surface area contributed by atoms with Gasteiger partial charge in [0.05, 0.1) is 23.8 Å². The summed E-state index contributed by atoms with van der Waals surface area (Å²) in [6.07, 6.45) is -4.51. The number of aryl methyl sites for hydroxylation is 2. The monoisotopic (exact) mass is 408 g/mol. The molecule has 29 heavy (non-hydrogen) atoms. The molecule has 0 fully saturated rings. The van der Waals surface area contributed by atoms with Crippen molar-refractivity contribution in [3.05, 3.63) is 34.9 Å². The van der Waals surface area contributed by atoms with Crippen molar-refractivity contribution in [1.29, 1.82) is 0 Å². The molecule has 3 aromatic rings. The standard InChI is InChI=1S/C19H19F3N4O3/c1-9-6-10(19(20,21)22)7-13(29-5)14(9)17-24-15-12(26(17)4)8-11(18(27)28)16(23-15)25(2)3/h6-8H,1-5H3,(H,27,28). The number of alkyl halides is 3. The molecule has 0 aliphatic rings. The number of benzene rings is 1. The molecule has 2 aromatic heterocycles. The normalized spacial score (nSPS) is 11.7. The molecule has 0 unspecified atom stereocenters. The summed E-state index contributed by atoms with van der Waals surface area (Å²) >= 11 is 0. The van der Waals surface area contributed by atoms with E-state index in [2.05, 4.69) is 9.97 Å². The number of nitrogens with zero attached hydrogens (tertiary/aromatic N) is 4. The summed E-state index contributed by atoms with van der Waals surface area (Å²) in [5, 5.41) is 9.50. The number of aromatic carboxylic acids is 1. The summed E-state index contributed by atoms with van der Waals surface area (Å²) in [5.74, 6) is -0.579. The number of carboxylic acids is 1. The first-order valence-corrected chi connectivity index (χ1v) is 8.50. The summed E-state index contributed by atoms with van der Waals surface area (Å²) in [7, 11) is 6.25. The zero-order valence-electron chi connectivity index (χ0n) is 16.4. The number of ether oxygens (including phenoxy) is 1. The molecule has 1 N–H and O–H groups in total. The third kappa shape index (κ3) is 3.45. The number of halogens is 3. The van der Waals surface area contributed by atoms with E-state index in [1.807, 2.05) is 0 Å². The Morgan fingerprint density at radius 1 is 1.21 bits per heavy atom. The van der Waals surface area contributed by atoms with Crippen molar-refractivity contribution in [2.75, 3.05) is 26.1 Å².